The zero-order valence-corrected chi connectivity index (χ0v) is 4.53. The Morgan fingerprint density at radius 3 is 2.00 bits per heavy atom. The summed E-state index contributed by atoms with van der Waals surface area (Å²) in [5, 5.41) is 0. The summed E-state index contributed by atoms with van der Waals surface area (Å²) in [6, 6.07) is 0. The number of amides is 1. The van der Waals surface area contributed by atoms with Gasteiger partial charge in [0.2, 0.25) is 16.4 Å². The average molecular weight is 123 g/mol. The van der Waals surface area contributed by atoms with Gasteiger partial charge in [-0.25, -0.2) is 8.42 Å². The standard InChI is InChI=1S/C2H5NO3S/c1-7(5,6)3-2-4/h2H,1H3,(H,3,4). The number of nitrogens with one attached hydrogen (secondary N) is 1. The highest BCUT2D eigenvalue weighted by Gasteiger charge is 1.92. The van der Waals surface area contributed by atoms with Crippen LogP contribution in [0.4, 0.5) is 0 Å². The van der Waals surface area contributed by atoms with E-state index in [1.807, 2.05) is 0 Å². The van der Waals surface area contributed by atoms with E-state index in [2.05, 4.69) is 0 Å². The van der Waals surface area contributed by atoms with Gasteiger partial charge < -0.3 is 0 Å². The molecule has 0 saturated carbocycles. The molecule has 0 fully saturated rings. The van der Waals surface area contributed by atoms with Crippen LogP contribution in [0.15, 0.2) is 0 Å². The molecule has 7 heavy (non-hydrogen) atoms. The van der Waals surface area contributed by atoms with E-state index >= 15 is 0 Å². The molecule has 0 bridgehead atoms. The molecule has 0 aromatic carbocycles. The van der Waals surface area contributed by atoms with E-state index in [0.29, 0.717) is 0 Å². The third-order valence-electron chi connectivity index (χ3n) is 0.262. The van der Waals surface area contributed by atoms with Gasteiger partial charge in [-0.1, -0.05) is 0 Å². The summed E-state index contributed by atoms with van der Waals surface area (Å²) in [7, 11) is -3.29. The first kappa shape index (κ1) is 6.42. The second-order valence-corrected chi connectivity index (χ2v) is 2.79. The Bertz CT molecular complexity index is 146. The van der Waals surface area contributed by atoms with Crippen LogP contribution in [0.5, 0.6) is 0 Å². The molecule has 0 heterocycles. The Balaban J connectivity index is 3.84. The highest BCUT2D eigenvalue weighted by atomic mass is 32.2. The van der Waals surface area contributed by atoms with Crippen molar-refractivity contribution in [3.8, 4) is 0 Å². The Kier molecular flexibility index (Phi) is 1.76. The lowest BCUT2D eigenvalue weighted by molar-refractivity contribution is -0.108. The predicted octanol–water partition coefficient (Wildman–Crippen LogP) is -1.31. The molecule has 1 amide bonds. The first-order valence-corrected chi connectivity index (χ1v) is 3.36. The fraction of sp³-hybridized carbons (Fsp3) is 0.500. The minimum atomic E-state index is -3.29. The highest BCUT2D eigenvalue weighted by Crippen LogP contribution is 1.63. The summed E-state index contributed by atoms with van der Waals surface area (Å²) in [4.78, 5) is 9.33. The molecule has 0 spiro atoms. The molecular formula is C2H5NO3S. The normalized spacial score (nSPS) is 10.4. The lowest BCUT2D eigenvalue weighted by Crippen LogP contribution is -2.19. The van der Waals surface area contributed by atoms with Crippen molar-refractivity contribution in [3.63, 3.8) is 0 Å². The van der Waals surface area contributed by atoms with Crippen LogP contribution in [-0.2, 0) is 14.8 Å². The molecule has 0 aliphatic rings. The van der Waals surface area contributed by atoms with Crippen molar-refractivity contribution in [1.29, 1.82) is 0 Å². The van der Waals surface area contributed by atoms with Crippen molar-refractivity contribution in [2.75, 3.05) is 6.26 Å². The molecule has 0 radical (unpaired) electrons. The van der Waals surface area contributed by atoms with Crippen LogP contribution in [0.3, 0.4) is 0 Å². The van der Waals surface area contributed by atoms with Gasteiger partial charge in [-0.3, -0.25) is 9.52 Å². The minimum absolute atomic E-state index is 0.120. The molecule has 5 heteroatoms. The number of sulfonamides is 1. The van der Waals surface area contributed by atoms with Gasteiger partial charge in [-0.2, -0.15) is 0 Å². The van der Waals surface area contributed by atoms with E-state index in [-0.39, 0.29) is 6.41 Å². The Hall–Kier alpha value is -0.580. The molecule has 0 aromatic rings. The third kappa shape index (κ3) is 5.42. The number of carbonyl (C=O) groups excluding carboxylic acids is 1. The molecule has 42 valence electrons. The lowest BCUT2D eigenvalue weighted by Gasteiger charge is -1.86. The van der Waals surface area contributed by atoms with E-state index in [4.69, 9.17) is 0 Å². The van der Waals surface area contributed by atoms with E-state index in [1.165, 1.54) is 0 Å². The van der Waals surface area contributed by atoms with Crippen LogP contribution >= 0.6 is 0 Å². The first-order valence-electron chi connectivity index (χ1n) is 1.47. The van der Waals surface area contributed by atoms with Crippen molar-refractivity contribution >= 4 is 16.4 Å². The highest BCUT2D eigenvalue weighted by molar-refractivity contribution is 7.89. The Morgan fingerprint density at radius 2 is 2.00 bits per heavy atom. The number of rotatable bonds is 2. The summed E-state index contributed by atoms with van der Waals surface area (Å²) in [6.45, 7) is 0. The Labute approximate surface area is 41.6 Å². The molecule has 0 unspecified atom stereocenters. The molecule has 0 aromatic heterocycles. The molecule has 1 N–H and O–H groups in total. The SMILES string of the molecule is CS(=O)(=O)NC=O. The van der Waals surface area contributed by atoms with Gasteiger partial charge in [-0.05, 0) is 0 Å². The molecular weight excluding hydrogens is 118 g/mol. The smallest absolute Gasteiger partial charge is 0.231 e. The summed E-state index contributed by atoms with van der Waals surface area (Å²) in [6.07, 6.45) is 1.02. The van der Waals surface area contributed by atoms with Crippen molar-refractivity contribution in [2.24, 2.45) is 0 Å². The zero-order valence-electron chi connectivity index (χ0n) is 3.71. The van der Waals surface area contributed by atoms with E-state index in [0.717, 1.165) is 6.26 Å². The quantitative estimate of drug-likeness (QED) is 0.464. The maximum absolute atomic E-state index is 9.89. The molecule has 0 rings (SSSR count). The molecule has 0 aliphatic carbocycles. The zero-order chi connectivity index (χ0) is 5.91. The minimum Gasteiger partial charge on any atom is -0.278 e. The second kappa shape index (κ2) is 1.92. The maximum Gasteiger partial charge on any atom is 0.231 e. The van der Waals surface area contributed by atoms with Crippen molar-refractivity contribution < 1.29 is 13.2 Å². The van der Waals surface area contributed by atoms with Crippen LogP contribution in [0.1, 0.15) is 0 Å². The molecule has 0 saturated heterocycles. The van der Waals surface area contributed by atoms with Crippen molar-refractivity contribution in [2.45, 2.75) is 0 Å². The van der Waals surface area contributed by atoms with Gasteiger partial charge >= 0.3 is 0 Å². The first-order chi connectivity index (χ1) is 3.06. The maximum atomic E-state index is 9.89. The van der Waals surface area contributed by atoms with Crippen LogP contribution in [0.25, 0.3) is 0 Å². The largest absolute Gasteiger partial charge is 0.278 e. The lowest BCUT2D eigenvalue weighted by atomic mass is 11.5. The second-order valence-electron chi connectivity index (χ2n) is 1.01. The van der Waals surface area contributed by atoms with Crippen LogP contribution < -0.4 is 4.72 Å². The fourth-order valence-corrected chi connectivity index (χ4v) is 0.262. The van der Waals surface area contributed by atoms with Gasteiger partial charge in [0.1, 0.15) is 0 Å². The van der Waals surface area contributed by atoms with E-state index in [9.17, 15) is 13.2 Å². The average Bonchev–Trinajstić information content (AvgIpc) is 1.30. The predicted molar refractivity (Wildman–Crippen MR) is 24.0 cm³/mol. The van der Waals surface area contributed by atoms with Crippen LogP contribution in [0, 0.1) is 0 Å². The summed E-state index contributed by atoms with van der Waals surface area (Å²) in [5.41, 5.74) is 0. The van der Waals surface area contributed by atoms with Gasteiger partial charge in [0.15, 0.2) is 0 Å². The van der Waals surface area contributed by atoms with Crippen LogP contribution in [0.2, 0.25) is 0 Å². The number of carbonyl (C=O) groups is 1. The summed E-state index contributed by atoms with van der Waals surface area (Å²) in [5.74, 6) is 0. The summed E-state index contributed by atoms with van der Waals surface area (Å²) < 4.78 is 21.4. The monoisotopic (exact) mass is 123 g/mol. The van der Waals surface area contributed by atoms with Gasteiger partial charge in [-0.15, -0.1) is 0 Å². The van der Waals surface area contributed by atoms with E-state index < -0.39 is 10.0 Å². The van der Waals surface area contributed by atoms with Gasteiger partial charge in [0.25, 0.3) is 0 Å². The van der Waals surface area contributed by atoms with Crippen molar-refractivity contribution in [3.05, 3.63) is 0 Å². The topological polar surface area (TPSA) is 63.2 Å². The van der Waals surface area contributed by atoms with Crippen molar-refractivity contribution in [1.82, 2.24) is 4.72 Å². The van der Waals surface area contributed by atoms with E-state index in [1.54, 1.807) is 4.72 Å². The van der Waals surface area contributed by atoms with Gasteiger partial charge in [0.05, 0.1) is 6.26 Å². The Morgan fingerprint density at radius 1 is 1.57 bits per heavy atom. The third-order valence-corrected chi connectivity index (χ3v) is 0.787. The molecule has 0 atom stereocenters. The summed E-state index contributed by atoms with van der Waals surface area (Å²) >= 11 is 0. The molecule has 4 nitrogen and oxygen atoms in total. The fourth-order valence-electron chi connectivity index (χ4n) is 0.0874. The molecule has 0 aliphatic heterocycles. The number of hydrogen-bond donors (Lipinski definition) is 1. The number of hydrogen-bond acceptors (Lipinski definition) is 3. The van der Waals surface area contributed by atoms with Crippen LogP contribution in [-0.4, -0.2) is 21.1 Å². The van der Waals surface area contributed by atoms with Gasteiger partial charge in [0, 0.05) is 0 Å².